The highest BCUT2D eigenvalue weighted by atomic mass is 32.2. The van der Waals surface area contributed by atoms with Crippen molar-refractivity contribution in [1.82, 2.24) is 19.6 Å². The minimum atomic E-state index is 0.242. The molecule has 0 aliphatic heterocycles. The van der Waals surface area contributed by atoms with E-state index in [9.17, 15) is 4.79 Å². The molecule has 0 radical (unpaired) electrons. The lowest BCUT2D eigenvalue weighted by molar-refractivity contribution is -0.117. The molecule has 1 aliphatic carbocycles. The van der Waals surface area contributed by atoms with E-state index in [1.54, 1.807) is 30.4 Å². The molecule has 8 heteroatoms. The van der Waals surface area contributed by atoms with E-state index in [-0.39, 0.29) is 5.78 Å². The fourth-order valence-corrected chi connectivity index (χ4v) is 6.56. The Kier molecular flexibility index (Phi) is 5.75. The van der Waals surface area contributed by atoms with Crippen molar-refractivity contribution < 1.29 is 4.79 Å². The quantitative estimate of drug-likeness (QED) is 0.298. The Morgan fingerprint density at radius 1 is 1.22 bits per heavy atom. The first-order valence-electron chi connectivity index (χ1n) is 9.53. The van der Waals surface area contributed by atoms with E-state index >= 15 is 0 Å². The van der Waals surface area contributed by atoms with Crippen molar-refractivity contribution in [3.05, 3.63) is 10.4 Å². The van der Waals surface area contributed by atoms with Gasteiger partial charge in [0.05, 0.1) is 5.39 Å². The van der Waals surface area contributed by atoms with Crippen LogP contribution in [0.3, 0.4) is 0 Å². The maximum absolute atomic E-state index is 11.2. The summed E-state index contributed by atoms with van der Waals surface area (Å²) in [4.78, 5) is 18.8. The van der Waals surface area contributed by atoms with Gasteiger partial charge in [-0.2, -0.15) is 0 Å². The van der Waals surface area contributed by atoms with Crippen LogP contribution in [-0.4, -0.2) is 36.4 Å². The molecule has 0 atom stereocenters. The van der Waals surface area contributed by atoms with E-state index in [0.29, 0.717) is 11.7 Å². The molecule has 0 spiro atoms. The predicted octanol–water partition coefficient (Wildman–Crippen LogP) is 5.18. The summed E-state index contributed by atoms with van der Waals surface area (Å²) in [6.45, 7) is 6.02. The van der Waals surface area contributed by atoms with Crippen molar-refractivity contribution in [2.45, 2.75) is 74.9 Å². The molecule has 1 aliphatic rings. The number of carbonyl (C=O) groups is 1. The summed E-state index contributed by atoms with van der Waals surface area (Å²) in [6.07, 6.45) is 6.29. The Labute approximate surface area is 171 Å². The van der Waals surface area contributed by atoms with Gasteiger partial charge in [-0.3, -0.25) is 0 Å². The van der Waals surface area contributed by atoms with Crippen LogP contribution in [0.1, 0.15) is 56.9 Å². The molecule has 0 unspecified atom stereocenters. The standard InChI is InChI=1S/C19H24N4OS3/c1-11(2)26-18-20-17-15(13-8-4-5-9-14(13)27-17)16-21-22-19(23(16)18)25-10-6-7-12(3)24/h11H,4-10H2,1-3H3. The predicted molar refractivity (Wildman–Crippen MR) is 114 cm³/mol. The number of carbonyl (C=O) groups excluding carboxylic acids is 1. The van der Waals surface area contributed by atoms with Crippen LogP contribution >= 0.6 is 34.9 Å². The van der Waals surface area contributed by atoms with Crippen molar-refractivity contribution in [2.24, 2.45) is 0 Å². The Balaban J connectivity index is 1.79. The molecular weight excluding hydrogens is 396 g/mol. The number of ketones is 1. The molecular formula is C19H24N4OS3. The molecule has 0 saturated heterocycles. The van der Waals surface area contributed by atoms with Crippen molar-refractivity contribution in [3.63, 3.8) is 0 Å². The lowest BCUT2D eigenvalue weighted by Crippen LogP contribution is -2.02. The molecule has 3 heterocycles. The Morgan fingerprint density at radius 3 is 2.81 bits per heavy atom. The van der Waals surface area contributed by atoms with Gasteiger partial charge < -0.3 is 4.79 Å². The molecule has 3 aromatic heterocycles. The number of fused-ring (bicyclic) bond motifs is 5. The average Bonchev–Trinajstić information content (AvgIpc) is 3.19. The highest BCUT2D eigenvalue weighted by Crippen LogP contribution is 2.40. The zero-order valence-electron chi connectivity index (χ0n) is 15.9. The molecule has 4 rings (SSSR count). The van der Waals surface area contributed by atoms with Crippen LogP contribution in [0.4, 0.5) is 0 Å². The summed E-state index contributed by atoms with van der Waals surface area (Å²) >= 11 is 5.28. The summed E-state index contributed by atoms with van der Waals surface area (Å²) in [5, 5.41) is 12.6. The molecule has 0 amide bonds. The molecule has 0 saturated carbocycles. The normalized spacial score (nSPS) is 14.4. The first-order chi connectivity index (χ1) is 13.0. The average molecular weight is 421 g/mol. The van der Waals surface area contributed by atoms with Gasteiger partial charge in [0, 0.05) is 22.3 Å². The van der Waals surface area contributed by atoms with Gasteiger partial charge in [-0.25, -0.2) is 9.38 Å². The molecule has 3 aromatic rings. The second-order valence-corrected chi connectivity index (χ2v) is 10.9. The Morgan fingerprint density at radius 2 is 2.04 bits per heavy atom. The number of hydrogen-bond acceptors (Lipinski definition) is 7. The summed E-state index contributed by atoms with van der Waals surface area (Å²) < 4.78 is 2.15. The highest BCUT2D eigenvalue weighted by molar-refractivity contribution is 8.00. The largest absolute Gasteiger partial charge is 0.300 e. The monoisotopic (exact) mass is 420 g/mol. The maximum atomic E-state index is 11.2. The zero-order chi connectivity index (χ0) is 19.0. The summed E-state index contributed by atoms with van der Waals surface area (Å²) in [5.74, 6) is 1.11. The van der Waals surface area contributed by atoms with Crippen LogP contribution in [0, 0.1) is 0 Å². The lowest BCUT2D eigenvalue weighted by atomic mass is 9.97. The number of Topliss-reactive ketones (excluding diaryl/α,β-unsaturated/α-hetero) is 1. The van der Waals surface area contributed by atoms with Crippen LogP contribution < -0.4 is 0 Å². The third kappa shape index (κ3) is 3.89. The molecule has 0 aromatic carbocycles. The second-order valence-electron chi connectivity index (χ2n) is 7.25. The van der Waals surface area contributed by atoms with E-state index in [1.165, 1.54) is 28.7 Å². The van der Waals surface area contributed by atoms with Crippen LogP contribution in [0.5, 0.6) is 0 Å². The zero-order valence-corrected chi connectivity index (χ0v) is 18.4. The van der Waals surface area contributed by atoms with Crippen molar-refractivity contribution in [1.29, 1.82) is 0 Å². The first-order valence-corrected chi connectivity index (χ1v) is 12.2. The molecule has 5 nitrogen and oxygen atoms in total. The number of thiophene rings is 1. The van der Waals surface area contributed by atoms with Gasteiger partial charge in [0.2, 0.25) is 0 Å². The van der Waals surface area contributed by atoms with Crippen LogP contribution in [0.25, 0.3) is 15.9 Å². The number of hydrogen-bond donors (Lipinski definition) is 0. The van der Waals surface area contributed by atoms with Gasteiger partial charge >= 0.3 is 0 Å². The van der Waals surface area contributed by atoms with Gasteiger partial charge in [0.1, 0.15) is 10.6 Å². The molecule has 0 N–H and O–H groups in total. The van der Waals surface area contributed by atoms with E-state index in [4.69, 9.17) is 4.98 Å². The Hall–Kier alpha value is -1.12. The van der Waals surface area contributed by atoms with E-state index < -0.39 is 0 Å². The molecule has 0 fully saturated rings. The fraction of sp³-hybridized carbons (Fsp3) is 0.579. The van der Waals surface area contributed by atoms with Crippen molar-refractivity contribution in [3.8, 4) is 0 Å². The summed E-state index contributed by atoms with van der Waals surface area (Å²) in [7, 11) is 0. The van der Waals surface area contributed by atoms with E-state index in [0.717, 1.165) is 45.8 Å². The van der Waals surface area contributed by atoms with Crippen LogP contribution in [0.15, 0.2) is 10.3 Å². The summed E-state index contributed by atoms with van der Waals surface area (Å²) in [5.41, 5.74) is 2.40. The highest BCUT2D eigenvalue weighted by Gasteiger charge is 2.24. The fourth-order valence-electron chi connectivity index (χ4n) is 3.47. The van der Waals surface area contributed by atoms with Gasteiger partial charge in [0.15, 0.2) is 16.0 Å². The first kappa shape index (κ1) is 19.2. The lowest BCUT2D eigenvalue weighted by Gasteiger charge is -2.11. The van der Waals surface area contributed by atoms with Gasteiger partial charge in [0.25, 0.3) is 0 Å². The number of aromatic nitrogens is 4. The SMILES string of the molecule is CC(=O)CCCSc1nnc2c3c4c(sc3nc(SC(C)C)n12)CCCC4. The Bertz CT molecular complexity index is 992. The maximum Gasteiger partial charge on any atom is 0.197 e. The molecule has 0 bridgehead atoms. The number of aryl methyl sites for hydroxylation is 2. The van der Waals surface area contributed by atoms with Gasteiger partial charge in [-0.1, -0.05) is 37.4 Å². The third-order valence-electron chi connectivity index (χ3n) is 4.64. The topological polar surface area (TPSA) is 60.2 Å². The second kappa shape index (κ2) is 8.09. The third-order valence-corrected chi connectivity index (χ3v) is 7.80. The van der Waals surface area contributed by atoms with E-state index in [1.807, 2.05) is 11.3 Å². The van der Waals surface area contributed by atoms with Gasteiger partial charge in [-0.05, 0) is 44.6 Å². The number of rotatable bonds is 7. The van der Waals surface area contributed by atoms with Crippen molar-refractivity contribution in [2.75, 3.05) is 5.75 Å². The smallest absolute Gasteiger partial charge is 0.197 e. The minimum absolute atomic E-state index is 0.242. The van der Waals surface area contributed by atoms with Crippen LogP contribution in [0.2, 0.25) is 0 Å². The minimum Gasteiger partial charge on any atom is -0.300 e. The number of nitrogens with zero attached hydrogens (tertiary/aromatic N) is 4. The summed E-state index contributed by atoms with van der Waals surface area (Å²) in [6, 6.07) is 0. The van der Waals surface area contributed by atoms with Gasteiger partial charge in [-0.15, -0.1) is 21.5 Å². The van der Waals surface area contributed by atoms with E-state index in [2.05, 4.69) is 28.4 Å². The molecule has 27 heavy (non-hydrogen) atoms. The van der Waals surface area contributed by atoms with Crippen molar-refractivity contribution >= 4 is 56.5 Å². The molecule has 144 valence electrons. The van der Waals surface area contributed by atoms with Crippen LogP contribution in [-0.2, 0) is 17.6 Å². The number of thioether (sulfide) groups is 2.